The van der Waals surface area contributed by atoms with Crippen molar-refractivity contribution in [3.05, 3.63) is 102 Å². The molecule has 3 aliphatic heterocycles. The number of hydrogen-bond acceptors (Lipinski definition) is 24. The number of benzene rings is 3. The van der Waals surface area contributed by atoms with E-state index < -0.39 is 261 Å². The lowest BCUT2D eigenvalue weighted by molar-refractivity contribution is -0.149. The van der Waals surface area contributed by atoms with Gasteiger partial charge in [0.15, 0.2) is 5.78 Å². The summed E-state index contributed by atoms with van der Waals surface area (Å²) in [6.07, 6.45) is 0.114. The zero-order chi connectivity index (χ0) is 91.6. The van der Waals surface area contributed by atoms with Crippen molar-refractivity contribution >= 4 is 134 Å². The molecule has 15 amide bonds. The molecule has 0 unspecified atom stereocenters. The highest BCUT2D eigenvalue weighted by atomic mass is 32.2. The van der Waals surface area contributed by atoms with E-state index in [1.807, 2.05) is 6.92 Å². The molecule has 5 heterocycles. The number of H-pyrrole nitrogens is 2. The molecule has 0 aliphatic carbocycles. The molecule has 3 saturated heterocycles. The number of phenols is 1. The van der Waals surface area contributed by atoms with Crippen molar-refractivity contribution in [3.8, 4) is 5.75 Å². The number of hydrogen-bond donors (Lipinski definition) is 19. The van der Waals surface area contributed by atoms with Crippen LogP contribution in [-0.2, 0) is 101 Å². The van der Waals surface area contributed by atoms with Gasteiger partial charge in [-0.05, 0) is 80.0 Å². The number of carboxylic acids is 1. The van der Waals surface area contributed by atoms with E-state index in [4.69, 9.17) is 5.73 Å². The molecule has 41 nitrogen and oxygen atoms in total. The standard InChI is InChI=1S/C83H113N17O24S/c1-7-9-20-63-77(118)92-60(40-103)76(117)95-62(73(114)87-36-68(84)108)42-125-43-69(109)88-55(28-45-23-25-49(105)26-24-45)79(120)96(4)44(3)71(112)89-57(33-70(110)111)81(122)99-27-15-22-64(99)78(119)93-59(39-102)75(116)94-61(41-104)82(123)100-37-50(106)32-66(100)67(107)31-46(29-47-34-85-53-18-13-11-16-51(47)53)72(113)91-58(38-101)74(115)90-56(30-48-35-86-54-19-14-12-17-52(48)54)80(121)98(6)65(21-10-8-2)83(124)97(63)5/h11-14,16-19,23-26,34-35,44,46,50,55-66,85-86,101-106H,7-10,15,20-22,27-33,36-43H2,1-6H3,(H2,84,108)(H,87,114)(H,88,109)(H,89,112)(H,90,115)(H,91,113)(H,92,118)(H,93,119)(H,94,116)(H,95,117)(H,110,111)/t44-,46+,50+,55-,56-,57-,58-,59-,60-,61-,62-,63-,64-,65-,66-/m0/s1. The van der Waals surface area contributed by atoms with Crippen LogP contribution in [0.1, 0.15) is 108 Å². The van der Waals surface area contributed by atoms with Crippen LogP contribution in [0.3, 0.4) is 0 Å². The average molecular weight is 1760 g/mol. The number of aliphatic carboxylic acids is 1. The number of nitrogens with two attached hydrogens (primary N) is 1. The van der Waals surface area contributed by atoms with Crippen LogP contribution < -0.4 is 53.6 Å². The third-order valence-electron chi connectivity index (χ3n) is 22.5. The Labute approximate surface area is 723 Å². The molecular weight excluding hydrogens is 1650 g/mol. The van der Waals surface area contributed by atoms with Gasteiger partial charge in [0, 0.05) is 106 Å². The third-order valence-corrected chi connectivity index (χ3v) is 23.5. The van der Waals surface area contributed by atoms with Gasteiger partial charge in [-0.2, -0.15) is 0 Å². The fraction of sp³-hybridized carbons (Fsp3) is 0.530. The summed E-state index contributed by atoms with van der Waals surface area (Å²) in [7, 11) is 3.75. The minimum Gasteiger partial charge on any atom is -0.508 e. The number of fused-ring (bicyclic) bond motifs is 4. The van der Waals surface area contributed by atoms with Crippen LogP contribution in [0, 0.1) is 5.92 Å². The minimum absolute atomic E-state index is 0.0287. The number of aromatic amines is 2. The lowest BCUT2D eigenvalue weighted by Crippen LogP contribution is -2.61. The van der Waals surface area contributed by atoms with Crippen molar-refractivity contribution in [2.75, 3.05) is 78.7 Å². The summed E-state index contributed by atoms with van der Waals surface area (Å²) >= 11 is 0.704. The quantitative estimate of drug-likeness (QED) is 0.0329. The van der Waals surface area contributed by atoms with Crippen LogP contribution >= 0.6 is 11.8 Å². The second kappa shape index (κ2) is 46.6. The largest absolute Gasteiger partial charge is 0.508 e. The van der Waals surface area contributed by atoms with E-state index >= 15 is 14.4 Å². The van der Waals surface area contributed by atoms with Gasteiger partial charge in [0.25, 0.3) is 0 Å². The molecule has 20 N–H and O–H groups in total. The lowest BCUT2D eigenvalue weighted by Gasteiger charge is -2.36. The fourth-order valence-corrected chi connectivity index (χ4v) is 16.2. The number of likely N-dealkylation sites (N-methyl/N-ethyl adjacent to an activating group) is 3. The third kappa shape index (κ3) is 26.2. The number of ketones is 1. The van der Waals surface area contributed by atoms with E-state index in [0.717, 1.165) is 31.5 Å². The van der Waals surface area contributed by atoms with Gasteiger partial charge in [0.1, 0.15) is 78.3 Å². The summed E-state index contributed by atoms with van der Waals surface area (Å²) < 4.78 is 0. The van der Waals surface area contributed by atoms with Gasteiger partial charge in [-0.25, -0.2) is 0 Å². The molecule has 0 radical (unpaired) electrons. The highest BCUT2D eigenvalue weighted by molar-refractivity contribution is 8.00. The van der Waals surface area contributed by atoms with Gasteiger partial charge in [-0.15, -0.1) is 11.8 Å². The maximum atomic E-state index is 15.5. The molecule has 3 fully saturated rings. The molecule has 8 rings (SSSR count). The van der Waals surface area contributed by atoms with E-state index in [9.17, 15) is 103 Å². The Balaban J connectivity index is 1.15. The topological polar surface area (TPSA) is 614 Å². The summed E-state index contributed by atoms with van der Waals surface area (Å²) in [4.78, 5) is 255. The smallest absolute Gasteiger partial charge is 0.305 e. The highest BCUT2D eigenvalue weighted by Crippen LogP contribution is 2.29. The zero-order valence-corrected chi connectivity index (χ0v) is 71.1. The van der Waals surface area contributed by atoms with Crippen LogP contribution in [0.15, 0.2) is 85.2 Å². The van der Waals surface area contributed by atoms with Crippen LogP contribution in [0.4, 0.5) is 0 Å². The first kappa shape index (κ1) is 98.3. The van der Waals surface area contributed by atoms with Crippen LogP contribution in [-0.4, -0.2) is 334 Å². The zero-order valence-electron chi connectivity index (χ0n) is 70.3. The Bertz CT molecular complexity index is 4720. The van der Waals surface area contributed by atoms with Crippen molar-refractivity contribution in [3.63, 3.8) is 0 Å². The van der Waals surface area contributed by atoms with Crippen LogP contribution in [0.2, 0.25) is 0 Å². The number of primary amides is 1. The minimum atomic E-state index is -1.95. The summed E-state index contributed by atoms with van der Waals surface area (Å²) in [5, 5.41) is 97.8. The summed E-state index contributed by atoms with van der Waals surface area (Å²) in [6.45, 7) is -1.29. The van der Waals surface area contributed by atoms with Gasteiger partial charge < -0.3 is 124 Å². The number of carbonyl (C=O) groups excluding carboxylic acids is 16. The van der Waals surface area contributed by atoms with Gasteiger partial charge in [-0.1, -0.05) is 88.1 Å². The first-order valence-corrected chi connectivity index (χ1v) is 42.4. The van der Waals surface area contributed by atoms with E-state index in [2.05, 4.69) is 57.8 Å². The summed E-state index contributed by atoms with van der Waals surface area (Å²) in [6, 6.07) is -2.56. The molecule has 125 heavy (non-hydrogen) atoms. The fourth-order valence-electron chi connectivity index (χ4n) is 15.3. The molecule has 15 atom stereocenters. The molecule has 0 bridgehead atoms. The first-order valence-electron chi connectivity index (χ1n) is 41.3. The number of aliphatic hydroxyl groups excluding tert-OH is 5. The van der Waals surface area contributed by atoms with E-state index in [1.165, 1.54) is 45.3 Å². The summed E-state index contributed by atoms with van der Waals surface area (Å²) in [5.41, 5.74) is 7.94. The number of para-hydroxylation sites is 2. The SMILES string of the molecule is CCCC[C@H]1C(=O)N(C)[C@@H](CCCC)C(=O)N[C@@H](CO)C(=O)N[C@H](C(=O)NCC(N)=O)CSCC(=O)N[C@@H](Cc2ccc(O)cc2)C(=O)N(C)[C@@H](C)C(=O)N[C@@H](CC(=O)O)C(=O)N2CCC[C@H]2C(=O)N[C@@H](CO)C(=O)N[C@@H](CO)C(=O)N2C[C@H](O)C[C@H]2C(=O)C[C@@H](Cc2c[nH]c3ccccc23)C(=O)N[C@@H](CO)C(=O)N[C@@H](Cc2c[nH]c3ccccc23)C(=O)N1C. The number of carbonyl (C=O) groups is 17. The first-order chi connectivity index (χ1) is 59.6. The van der Waals surface area contributed by atoms with Crippen molar-refractivity contribution < 1.29 is 117 Å². The predicted octanol–water partition coefficient (Wildman–Crippen LogP) is -4.54. The number of rotatable bonds is 21. The van der Waals surface area contributed by atoms with Gasteiger partial charge in [0.05, 0.1) is 57.3 Å². The normalized spacial score (nSPS) is 25.9. The Kier molecular flexibility index (Phi) is 36.6. The van der Waals surface area contributed by atoms with E-state index in [1.54, 1.807) is 67.8 Å². The van der Waals surface area contributed by atoms with E-state index in [0.29, 0.717) is 75.9 Å². The lowest BCUT2D eigenvalue weighted by atomic mass is 9.90. The van der Waals surface area contributed by atoms with E-state index in [-0.39, 0.29) is 57.2 Å². The van der Waals surface area contributed by atoms with Gasteiger partial charge in [0.2, 0.25) is 88.6 Å². The van der Waals surface area contributed by atoms with Gasteiger partial charge in [-0.3, -0.25) is 81.5 Å². The number of aliphatic hydroxyl groups is 5. The number of amides is 15. The Morgan fingerprint density at radius 1 is 0.536 bits per heavy atom. The number of unbranched alkanes of at least 4 members (excludes halogenated alkanes) is 2. The Morgan fingerprint density at radius 2 is 1.04 bits per heavy atom. The maximum absolute atomic E-state index is 15.5. The number of aromatic nitrogens is 2. The number of aromatic hydroxyl groups is 1. The van der Waals surface area contributed by atoms with Crippen molar-refractivity contribution in [2.45, 2.75) is 195 Å². The Morgan fingerprint density at radius 3 is 1.62 bits per heavy atom. The van der Waals surface area contributed by atoms with Crippen molar-refractivity contribution in [1.29, 1.82) is 0 Å². The summed E-state index contributed by atoms with van der Waals surface area (Å²) in [5.74, 6) is -20.8. The molecule has 5 aromatic rings. The van der Waals surface area contributed by atoms with Crippen molar-refractivity contribution in [1.82, 2.24) is 82.3 Å². The van der Waals surface area contributed by atoms with Crippen molar-refractivity contribution in [2.24, 2.45) is 11.7 Å². The number of carboxylic acid groups (broad SMARTS) is 1. The average Bonchev–Trinajstić information content (AvgIpc) is 1.26. The molecule has 680 valence electrons. The predicted molar refractivity (Wildman–Crippen MR) is 450 cm³/mol. The van der Waals surface area contributed by atoms with Crippen LogP contribution in [0.25, 0.3) is 21.8 Å². The van der Waals surface area contributed by atoms with Gasteiger partial charge >= 0.3 is 5.97 Å². The van der Waals surface area contributed by atoms with Crippen LogP contribution in [0.5, 0.6) is 5.75 Å². The second-order valence-electron chi connectivity index (χ2n) is 31.4. The maximum Gasteiger partial charge on any atom is 0.305 e. The highest BCUT2D eigenvalue weighted by Gasteiger charge is 2.46. The molecule has 3 aromatic carbocycles. The molecule has 0 saturated carbocycles. The molecule has 2 aromatic heterocycles. The Hall–Kier alpha value is -12.1. The molecule has 3 aliphatic rings. The molecule has 0 spiro atoms. The number of phenolic OH excluding ortho intramolecular Hbond substituents is 1. The second-order valence-corrected chi connectivity index (χ2v) is 32.4. The monoisotopic (exact) mass is 1760 g/mol. The number of nitrogens with one attached hydrogen (secondary N) is 11. The number of Topliss-reactive ketones (excluding diaryl/α,β-unsaturated/α-hetero) is 1. The molecular formula is C83H113N17O24S. The molecule has 42 heteroatoms. The number of nitrogens with zero attached hydrogens (tertiary/aromatic N) is 5. The number of thioether (sulfide) groups is 1.